The van der Waals surface area contributed by atoms with Crippen molar-refractivity contribution in [2.24, 2.45) is 0 Å². The molecule has 0 aliphatic carbocycles. The standard InChI is InChI=1S/C13H19N3O3S/c1-10-9-11(3-6-15-10)16-12(17)13(20(2,18)19)4-7-14-8-5-13/h3,6,9,14H,4-5,7-8H2,1-2H3,(H,15,16,17). The fourth-order valence-electron chi connectivity index (χ4n) is 2.47. The number of carbonyl (C=O) groups excluding carboxylic acids is 1. The molecular weight excluding hydrogens is 278 g/mol. The van der Waals surface area contributed by atoms with Gasteiger partial charge in [-0.05, 0) is 45.0 Å². The minimum Gasteiger partial charge on any atom is -0.325 e. The van der Waals surface area contributed by atoms with Crippen molar-refractivity contribution < 1.29 is 13.2 Å². The van der Waals surface area contributed by atoms with Gasteiger partial charge >= 0.3 is 0 Å². The highest BCUT2D eigenvalue weighted by Gasteiger charge is 2.48. The van der Waals surface area contributed by atoms with Gasteiger partial charge in [0.25, 0.3) is 0 Å². The van der Waals surface area contributed by atoms with Gasteiger partial charge in [0.05, 0.1) is 0 Å². The minimum atomic E-state index is -3.48. The number of sulfone groups is 1. The first-order valence-electron chi connectivity index (χ1n) is 6.50. The van der Waals surface area contributed by atoms with Gasteiger partial charge in [0, 0.05) is 23.8 Å². The molecule has 20 heavy (non-hydrogen) atoms. The van der Waals surface area contributed by atoms with Crippen LogP contribution in [0.15, 0.2) is 18.3 Å². The summed E-state index contributed by atoms with van der Waals surface area (Å²) in [6.45, 7) is 2.86. The Kier molecular flexibility index (Phi) is 4.10. The molecule has 0 radical (unpaired) electrons. The molecular formula is C13H19N3O3S. The number of nitrogens with zero attached hydrogens (tertiary/aromatic N) is 1. The van der Waals surface area contributed by atoms with E-state index in [0.29, 0.717) is 31.6 Å². The van der Waals surface area contributed by atoms with Crippen LogP contribution in [0.5, 0.6) is 0 Å². The normalized spacial score (nSPS) is 18.5. The first kappa shape index (κ1) is 14.9. The molecule has 0 spiro atoms. The Hall–Kier alpha value is -1.47. The van der Waals surface area contributed by atoms with Gasteiger partial charge in [-0.2, -0.15) is 0 Å². The molecule has 2 rings (SSSR count). The van der Waals surface area contributed by atoms with Crippen LogP contribution in [0, 0.1) is 6.92 Å². The van der Waals surface area contributed by atoms with Crippen LogP contribution in [0.1, 0.15) is 18.5 Å². The number of aryl methyl sites for hydroxylation is 1. The Morgan fingerprint density at radius 1 is 1.40 bits per heavy atom. The van der Waals surface area contributed by atoms with Crippen molar-refractivity contribution in [3.63, 3.8) is 0 Å². The summed E-state index contributed by atoms with van der Waals surface area (Å²) in [5, 5.41) is 5.80. The van der Waals surface area contributed by atoms with Gasteiger partial charge in [-0.3, -0.25) is 9.78 Å². The number of carbonyl (C=O) groups is 1. The SMILES string of the molecule is Cc1cc(NC(=O)C2(S(C)(=O)=O)CCNCC2)ccn1. The minimum absolute atomic E-state index is 0.293. The lowest BCUT2D eigenvalue weighted by Gasteiger charge is -2.34. The molecule has 7 heteroatoms. The Labute approximate surface area is 118 Å². The number of anilines is 1. The van der Waals surface area contributed by atoms with Gasteiger partial charge in [-0.25, -0.2) is 8.42 Å². The van der Waals surface area contributed by atoms with Crippen LogP contribution in [0.2, 0.25) is 0 Å². The predicted molar refractivity (Wildman–Crippen MR) is 77.3 cm³/mol. The number of piperidine rings is 1. The lowest BCUT2D eigenvalue weighted by atomic mass is 9.95. The van der Waals surface area contributed by atoms with E-state index in [4.69, 9.17) is 0 Å². The molecule has 1 amide bonds. The van der Waals surface area contributed by atoms with E-state index in [2.05, 4.69) is 15.6 Å². The van der Waals surface area contributed by atoms with Gasteiger partial charge in [0.2, 0.25) is 5.91 Å². The Balaban J connectivity index is 2.28. The highest BCUT2D eigenvalue weighted by molar-refractivity contribution is 7.92. The van der Waals surface area contributed by atoms with E-state index in [1.807, 2.05) is 6.92 Å². The van der Waals surface area contributed by atoms with E-state index in [9.17, 15) is 13.2 Å². The van der Waals surface area contributed by atoms with E-state index < -0.39 is 20.5 Å². The maximum absolute atomic E-state index is 12.5. The first-order chi connectivity index (χ1) is 9.35. The highest BCUT2D eigenvalue weighted by Crippen LogP contribution is 2.29. The third-order valence-electron chi connectivity index (χ3n) is 3.69. The zero-order valence-corrected chi connectivity index (χ0v) is 12.5. The third-order valence-corrected chi connectivity index (χ3v) is 5.70. The number of rotatable bonds is 3. The number of pyridine rings is 1. The van der Waals surface area contributed by atoms with Gasteiger partial charge in [-0.15, -0.1) is 0 Å². The summed E-state index contributed by atoms with van der Waals surface area (Å²) < 4.78 is 22.9. The van der Waals surface area contributed by atoms with Crippen LogP contribution in [0.3, 0.4) is 0 Å². The molecule has 2 N–H and O–H groups in total. The van der Waals surface area contributed by atoms with Crippen molar-refractivity contribution in [2.75, 3.05) is 24.7 Å². The molecule has 0 bridgehead atoms. The van der Waals surface area contributed by atoms with Gasteiger partial charge in [0.1, 0.15) is 0 Å². The molecule has 110 valence electrons. The number of hydrogen-bond donors (Lipinski definition) is 2. The molecule has 2 heterocycles. The summed E-state index contributed by atoms with van der Waals surface area (Å²) in [5.41, 5.74) is 1.34. The molecule has 1 aromatic rings. The van der Waals surface area contributed by atoms with Crippen molar-refractivity contribution in [1.29, 1.82) is 0 Å². The monoisotopic (exact) mass is 297 g/mol. The summed E-state index contributed by atoms with van der Waals surface area (Å²) in [4.78, 5) is 16.6. The van der Waals surface area contributed by atoms with E-state index in [1.165, 1.54) is 0 Å². The Morgan fingerprint density at radius 3 is 2.60 bits per heavy atom. The second kappa shape index (κ2) is 5.49. The summed E-state index contributed by atoms with van der Waals surface area (Å²) in [7, 11) is -3.48. The molecule has 1 fully saturated rings. The van der Waals surface area contributed by atoms with E-state index >= 15 is 0 Å². The summed E-state index contributed by atoms with van der Waals surface area (Å²) in [6, 6.07) is 3.37. The second-order valence-corrected chi connectivity index (χ2v) is 7.48. The van der Waals surface area contributed by atoms with Crippen LogP contribution in [0.25, 0.3) is 0 Å². The molecule has 1 aromatic heterocycles. The summed E-state index contributed by atoms with van der Waals surface area (Å²) in [6.07, 6.45) is 3.31. The lowest BCUT2D eigenvalue weighted by molar-refractivity contribution is -0.119. The molecule has 1 aliphatic rings. The average Bonchev–Trinajstić information content (AvgIpc) is 2.38. The highest BCUT2D eigenvalue weighted by atomic mass is 32.2. The Bertz CT molecular complexity index is 607. The first-order valence-corrected chi connectivity index (χ1v) is 8.39. The van der Waals surface area contributed by atoms with Crippen molar-refractivity contribution in [2.45, 2.75) is 24.5 Å². The lowest BCUT2D eigenvalue weighted by Crippen LogP contribution is -2.55. The number of hydrogen-bond acceptors (Lipinski definition) is 5. The van der Waals surface area contributed by atoms with Crippen molar-refractivity contribution in [3.05, 3.63) is 24.0 Å². The topological polar surface area (TPSA) is 88.2 Å². The predicted octanol–water partition coefficient (Wildman–Crippen LogP) is 0.495. The van der Waals surface area contributed by atoms with Crippen LogP contribution in [0.4, 0.5) is 5.69 Å². The quantitative estimate of drug-likeness (QED) is 0.848. The largest absolute Gasteiger partial charge is 0.325 e. The van der Waals surface area contributed by atoms with Crippen molar-refractivity contribution in [1.82, 2.24) is 10.3 Å². The fourth-order valence-corrected chi connectivity index (χ4v) is 3.80. The smallest absolute Gasteiger partial charge is 0.245 e. The van der Waals surface area contributed by atoms with Crippen LogP contribution < -0.4 is 10.6 Å². The molecule has 0 atom stereocenters. The van der Waals surface area contributed by atoms with Crippen LogP contribution >= 0.6 is 0 Å². The Morgan fingerprint density at radius 2 is 2.05 bits per heavy atom. The van der Waals surface area contributed by atoms with Crippen LogP contribution in [-0.2, 0) is 14.6 Å². The van der Waals surface area contributed by atoms with Crippen molar-refractivity contribution in [3.8, 4) is 0 Å². The number of aromatic nitrogens is 1. The van der Waals surface area contributed by atoms with Gasteiger partial charge < -0.3 is 10.6 Å². The molecule has 1 aliphatic heterocycles. The van der Waals surface area contributed by atoms with E-state index in [0.717, 1.165) is 11.9 Å². The summed E-state index contributed by atoms with van der Waals surface area (Å²) >= 11 is 0. The average molecular weight is 297 g/mol. The zero-order chi connectivity index (χ0) is 14.8. The molecule has 0 saturated carbocycles. The van der Waals surface area contributed by atoms with Crippen molar-refractivity contribution >= 4 is 21.4 Å². The zero-order valence-electron chi connectivity index (χ0n) is 11.6. The number of nitrogens with one attached hydrogen (secondary N) is 2. The molecule has 6 nitrogen and oxygen atoms in total. The van der Waals surface area contributed by atoms with Crippen LogP contribution in [-0.4, -0.2) is 43.4 Å². The number of amides is 1. The molecule has 1 saturated heterocycles. The third kappa shape index (κ3) is 2.83. The van der Waals surface area contributed by atoms with E-state index in [1.54, 1.807) is 18.3 Å². The maximum Gasteiger partial charge on any atom is 0.245 e. The molecule has 0 aromatic carbocycles. The van der Waals surface area contributed by atoms with Gasteiger partial charge in [0.15, 0.2) is 14.6 Å². The second-order valence-electron chi connectivity index (χ2n) is 5.16. The van der Waals surface area contributed by atoms with Gasteiger partial charge in [-0.1, -0.05) is 0 Å². The summed E-state index contributed by atoms with van der Waals surface area (Å²) in [5.74, 6) is -0.452. The maximum atomic E-state index is 12.5. The fraction of sp³-hybridized carbons (Fsp3) is 0.538. The van der Waals surface area contributed by atoms with E-state index in [-0.39, 0.29) is 0 Å². The molecule has 0 unspecified atom stereocenters.